The lowest BCUT2D eigenvalue weighted by Crippen LogP contribution is -2.52. The lowest BCUT2D eigenvalue weighted by atomic mass is 9.96. The zero-order chi connectivity index (χ0) is 15.4. The largest absolute Gasteiger partial charge is 0.378 e. The van der Waals surface area contributed by atoms with Gasteiger partial charge in [0, 0.05) is 32.2 Å². The third kappa shape index (κ3) is 3.72. The molecule has 124 valence electrons. The van der Waals surface area contributed by atoms with Crippen molar-refractivity contribution in [3.8, 4) is 0 Å². The fourth-order valence-electron chi connectivity index (χ4n) is 3.74. The number of carbonyl (C=O) groups is 2. The Kier molecular flexibility index (Phi) is 5.18. The number of carbonyl (C=O) groups excluding carboxylic acids is 2. The van der Waals surface area contributed by atoms with Crippen molar-refractivity contribution in [3.05, 3.63) is 0 Å². The standard InChI is InChI=1S/C16H27N3O3/c20-15(18-8-10-22-11-9-18)13-4-3-7-19(12-13)16(21)17-14-5-1-2-6-14/h13-14H,1-12H2,(H,17,21). The SMILES string of the molecule is O=C(NC1CCCC1)N1CCCC(C(=O)N2CCOCC2)C1. The highest BCUT2D eigenvalue weighted by atomic mass is 16.5. The van der Waals surface area contributed by atoms with Crippen molar-refractivity contribution in [2.24, 2.45) is 5.92 Å². The van der Waals surface area contributed by atoms with E-state index in [-0.39, 0.29) is 17.9 Å². The third-order valence-electron chi connectivity index (χ3n) is 5.06. The molecular weight excluding hydrogens is 282 g/mol. The first kappa shape index (κ1) is 15.6. The van der Waals surface area contributed by atoms with Crippen LogP contribution in [0.2, 0.25) is 0 Å². The van der Waals surface area contributed by atoms with Crippen LogP contribution in [-0.2, 0) is 9.53 Å². The van der Waals surface area contributed by atoms with Crippen LogP contribution in [-0.4, -0.2) is 67.2 Å². The van der Waals surface area contributed by atoms with Gasteiger partial charge in [0.15, 0.2) is 0 Å². The normalized spacial score (nSPS) is 27.0. The molecule has 0 aromatic rings. The van der Waals surface area contributed by atoms with Gasteiger partial charge in [-0.15, -0.1) is 0 Å². The summed E-state index contributed by atoms with van der Waals surface area (Å²) < 4.78 is 5.30. The van der Waals surface area contributed by atoms with E-state index in [1.54, 1.807) is 0 Å². The molecule has 2 saturated heterocycles. The summed E-state index contributed by atoms with van der Waals surface area (Å²) in [5.74, 6) is 0.155. The molecule has 3 amide bonds. The Bertz CT molecular complexity index is 403. The third-order valence-corrected chi connectivity index (χ3v) is 5.06. The van der Waals surface area contributed by atoms with Crippen LogP contribution >= 0.6 is 0 Å². The molecule has 1 atom stereocenters. The highest BCUT2D eigenvalue weighted by Gasteiger charge is 2.32. The highest BCUT2D eigenvalue weighted by Crippen LogP contribution is 2.21. The number of nitrogens with zero attached hydrogens (tertiary/aromatic N) is 2. The lowest BCUT2D eigenvalue weighted by Gasteiger charge is -2.36. The van der Waals surface area contributed by atoms with Crippen LogP contribution in [0.15, 0.2) is 0 Å². The van der Waals surface area contributed by atoms with Crippen LogP contribution < -0.4 is 5.32 Å². The molecule has 6 heteroatoms. The molecule has 6 nitrogen and oxygen atoms in total. The Morgan fingerprint density at radius 3 is 2.36 bits per heavy atom. The van der Waals surface area contributed by atoms with E-state index in [9.17, 15) is 9.59 Å². The number of morpholine rings is 1. The number of rotatable bonds is 2. The first-order valence-electron chi connectivity index (χ1n) is 8.66. The molecule has 3 aliphatic rings. The topological polar surface area (TPSA) is 61.9 Å². The maximum Gasteiger partial charge on any atom is 0.317 e. The van der Waals surface area contributed by atoms with E-state index in [2.05, 4.69) is 5.32 Å². The summed E-state index contributed by atoms with van der Waals surface area (Å²) in [4.78, 5) is 28.7. The average molecular weight is 309 g/mol. The Labute approximate surface area is 132 Å². The molecule has 22 heavy (non-hydrogen) atoms. The molecule has 1 unspecified atom stereocenters. The van der Waals surface area contributed by atoms with Crippen LogP contribution in [0.5, 0.6) is 0 Å². The lowest BCUT2D eigenvalue weighted by molar-refractivity contribution is -0.141. The van der Waals surface area contributed by atoms with E-state index in [4.69, 9.17) is 4.74 Å². The summed E-state index contributed by atoms with van der Waals surface area (Å²) in [5.41, 5.74) is 0. The van der Waals surface area contributed by atoms with E-state index >= 15 is 0 Å². The summed E-state index contributed by atoms with van der Waals surface area (Å²) in [7, 11) is 0. The Morgan fingerprint density at radius 2 is 1.64 bits per heavy atom. The van der Waals surface area contributed by atoms with Crippen molar-refractivity contribution in [1.29, 1.82) is 0 Å². The van der Waals surface area contributed by atoms with E-state index in [1.807, 2.05) is 9.80 Å². The molecule has 1 N–H and O–H groups in total. The summed E-state index contributed by atoms with van der Waals surface area (Å²) in [6.45, 7) is 3.96. The molecular formula is C16H27N3O3. The molecule has 0 radical (unpaired) electrons. The first-order chi connectivity index (χ1) is 10.7. The van der Waals surface area contributed by atoms with Gasteiger partial charge in [-0.1, -0.05) is 12.8 Å². The summed E-state index contributed by atoms with van der Waals surface area (Å²) in [6, 6.07) is 0.356. The average Bonchev–Trinajstić information content (AvgIpc) is 3.08. The van der Waals surface area contributed by atoms with Gasteiger partial charge in [-0.25, -0.2) is 4.79 Å². The Morgan fingerprint density at radius 1 is 0.909 bits per heavy atom. The summed E-state index contributed by atoms with van der Waals surface area (Å²) >= 11 is 0. The number of urea groups is 1. The molecule has 1 aliphatic carbocycles. The second-order valence-corrected chi connectivity index (χ2v) is 6.65. The monoisotopic (exact) mass is 309 g/mol. The fourth-order valence-corrected chi connectivity index (χ4v) is 3.74. The predicted molar refractivity (Wildman–Crippen MR) is 82.5 cm³/mol. The Hall–Kier alpha value is -1.30. The van der Waals surface area contributed by atoms with E-state index < -0.39 is 0 Å². The summed E-state index contributed by atoms with van der Waals surface area (Å²) in [5, 5.41) is 3.13. The zero-order valence-corrected chi connectivity index (χ0v) is 13.3. The Balaban J connectivity index is 1.51. The highest BCUT2D eigenvalue weighted by molar-refractivity contribution is 5.81. The minimum absolute atomic E-state index is 0.0198. The van der Waals surface area contributed by atoms with Crippen molar-refractivity contribution in [2.45, 2.75) is 44.6 Å². The van der Waals surface area contributed by atoms with Crippen LogP contribution in [0.3, 0.4) is 0 Å². The zero-order valence-electron chi connectivity index (χ0n) is 13.3. The van der Waals surface area contributed by atoms with Crippen molar-refractivity contribution >= 4 is 11.9 Å². The molecule has 0 aromatic carbocycles. The van der Waals surface area contributed by atoms with Gasteiger partial charge < -0.3 is 19.9 Å². The van der Waals surface area contributed by atoms with E-state index in [0.717, 1.165) is 32.2 Å². The minimum Gasteiger partial charge on any atom is -0.378 e. The van der Waals surface area contributed by atoms with Gasteiger partial charge in [0.05, 0.1) is 19.1 Å². The van der Waals surface area contributed by atoms with Crippen molar-refractivity contribution < 1.29 is 14.3 Å². The van der Waals surface area contributed by atoms with Crippen molar-refractivity contribution in [2.75, 3.05) is 39.4 Å². The number of nitrogens with one attached hydrogen (secondary N) is 1. The van der Waals surface area contributed by atoms with Gasteiger partial charge in [-0.2, -0.15) is 0 Å². The van der Waals surface area contributed by atoms with Crippen LogP contribution in [0.1, 0.15) is 38.5 Å². The molecule has 0 spiro atoms. The van der Waals surface area contributed by atoms with Gasteiger partial charge in [0.1, 0.15) is 0 Å². The molecule has 3 rings (SSSR count). The van der Waals surface area contributed by atoms with Gasteiger partial charge in [-0.05, 0) is 25.7 Å². The molecule has 0 aromatic heterocycles. The van der Waals surface area contributed by atoms with Gasteiger partial charge >= 0.3 is 6.03 Å². The molecule has 1 saturated carbocycles. The van der Waals surface area contributed by atoms with Crippen LogP contribution in [0, 0.1) is 5.92 Å². The number of hydrogen-bond donors (Lipinski definition) is 1. The van der Waals surface area contributed by atoms with Gasteiger partial charge in [0.2, 0.25) is 5.91 Å². The minimum atomic E-state index is -0.0406. The number of hydrogen-bond acceptors (Lipinski definition) is 3. The number of piperidine rings is 1. The van der Waals surface area contributed by atoms with Crippen LogP contribution in [0.4, 0.5) is 4.79 Å². The smallest absolute Gasteiger partial charge is 0.317 e. The molecule has 2 aliphatic heterocycles. The number of likely N-dealkylation sites (tertiary alicyclic amines) is 1. The second-order valence-electron chi connectivity index (χ2n) is 6.65. The molecule has 2 heterocycles. The second kappa shape index (κ2) is 7.31. The van der Waals surface area contributed by atoms with Crippen molar-refractivity contribution in [1.82, 2.24) is 15.1 Å². The first-order valence-corrected chi connectivity index (χ1v) is 8.66. The van der Waals surface area contributed by atoms with Gasteiger partial charge in [0.25, 0.3) is 0 Å². The van der Waals surface area contributed by atoms with Crippen LogP contribution in [0.25, 0.3) is 0 Å². The fraction of sp³-hybridized carbons (Fsp3) is 0.875. The molecule has 3 fully saturated rings. The maximum absolute atomic E-state index is 12.6. The van der Waals surface area contributed by atoms with Gasteiger partial charge in [-0.3, -0.25) is 4.79 Å². The quantitative estimate of drug-likeness (QED) is 0.834. The number of ether oxygens (including phenoxy) is 1. The number of amides is 3. The van der Waals surface area contributed by atoms with E-state index in [1.165, 1.54) is 12.8 Å². The summed E-state index contributed by atoms with van der Waals surface area (Å²) in [6.07, 6.45) is 6.42. The maximum atomic E-state index is 12.6. The predicted octanol–water partition coefficient (Wildman–Crippen LogP) is 1.21. The van der Waals surface area contributed by atoms with Crippen molar-refractivity contribution in [3.63, 3.8) is 0 Å². The molecule has 0 bridgehead atoms. The van der Waals surface area contributed by atoms with E-state index in [0.29, 0.717) is 38.9 Å².